The summed E-state index contributed by atoms with van der Waals surface area (Å²) in [5.41, 5.74) is 0.704. The monoisotopic (exact) mass is 480 g/mol. The second-order valence-corrected chi connectivity index (χ2v) is 6.29. The van der Waals surface area contributed by atoms with Gasteiger partial charge in [-0.1, -0.05) is 13.0 Å². The average Bonchev–Trinajstić information content (AvgIpc) is 3.43. The second kappa shape index (κ2) is 11.3. The van der Waals surface area contributed by atoms with Crippen molar-refractivity contribution in [3.8, 4) is 0 Å². The lowest BCUT2D eigenvalue weighted by atomic mass is 10.0. The molecule has 0 aliphatic heterocycles. The molecule has 0 heterocycles. The molecule has 1 aromatic rings. The van der Waals surface area contributed by atoms with Crippen LogP contribution < -0.4 is 16.0 Å². The number of guanidine groups is 1. The Balaban J connectivity index is 0.00000338. The van der Waals surface area contributed by atoms with Crippen molar-refractivity contribution in [1.82, 2.24) is 16.0 Å². The van der Waals surface area contributed by atoms with Gasteiger partial charge in [-0.2, -0.15) is 0 Å². The van der Waals surface area contributed by atoms with Gasteiger partial charge in [0.2, 0.25) is 5.91 Å². The van der Waals surface area contributed by atoms with Crippen LogP contribution >= 0.6 is 24.0 Å². The maximum Gasteiger partial charge on any atom is 0.223 e. The zero-order valence-corrected chi connectivity index (χ0v) is 17.5. The summed E-state index contributed by atoms with van der Waals surface area (Å²) < 4.78 is 26.3. The van der Waals surface area contributed by atoms with Gasteiger partial charge in [0.05, 0.1) is 0 Å². The molecule has 1 aliphatic carbocycles. The van der Waals surface area contributed by atoms with E-state index in [1.54, 1.807) is 6.07 Å². The first kappa shape index (κ1) is 22.6. The zero-order chi connectivity index (χ0) is 18.2. The van der Waals surface area contributed by atoms with Crippen molar-refractivity contribution in [3.63, 3.8) is 0 Å². The second-order valence-electron chi connectivity index (χ2n) is 6.29. The highest BCUT2D eigenvalue weighted by Crippen LogP contribution is 2.28. The van der Waals surface area contributed by atoms with Crippen LogP contribution in [-0.4, -0.2) is 38.0 Å². The van der Waals surface area contributed by atoms with Gasteiger partial charge in [0.1, 0.15) is 0 Å². The molecular weight excluding hydrogens is 453 g/mol. The van der Waals surface area contributed by atoms with E-state index >= 15 is 0 Å². The van der Waals surface area contributed by atoms with Crippen LogP contribution in [0.5, 0.6) is 0 Å². The lowest BCUT2D eigenvalue weighted by Gasteiger charge is -2.14. The molecule has 26 heavy (non-hydrogen) atoms. The van der Waals surface area contributed by atoms with Crippen LogP contribution in [0.1, 0.15) is 38.2 Å². The highest BCUT2D eigenvalue weighted by Gasteiger charge is 2.28. The minimum atomic E-state index is -0.845. The Morgan fingerprint density at radius 1 is 1.19 bits per heavy atom. The Bertz CT molecular complexity index is 623. The van der Waals surface area contributed by atoms with Crippen molar-refractivity contribution < 1.29 is 13.6 Å². The predicted octanol–water partition coefficient (Wildman–Crippen LogP) is 2.77. The van der Waals surface area contributed by atoms with E-state index in [2.05, 4.69) is 20.9 Å². The minimum Gasteiger partial charge on any atom is -0.357 e. The van der Waals surface area contributed by atoms with Gasteiger partial charge < -0.3 is 16.0 Å². The van der Waals surface area contributed by atoms with Crippen LogP contribution in [0.3, 0.4) is 0 Å². The molecule has 0 aromatic heterocycles. The summed E-state index contributed by atoms with van der Waals surface area (Å²) >= 11 is 0. The molecule has 1 aromatic carbocycles. The van der Waals surface area contributed by atoms with E-state index in [1.165, 1.54) is 6.07 Å². The number of hydrogen-bond donors (Lipinski definition) is 3. The third kappa shape index (κ3) is 7.43. The molecule has 1 atom stereocenters. The Kier molecular flexibility index (Phi) is 9.82. The third-order valence-electron chi connectivity index (χ3n) is 4.04. The summed E-state index contributed by atoms with van der Waals surface area (Å²) in [5, 5.41) is 9.16. The lowest BCUT2D eigenvalue weighted by Crippen LogP contribution is -2.42. The summed E-state index contributed by atoms with van der Waals surface area (Å²) in [6.07, 6.45) is 1.98. The van der Waals surface area contributed by atoms with E-state index in [0.29, 0.717) is 37.7 Å². The Morgan fingerprint density at radius 3 is 2.50 bits per heavy atom. The number of hydrogen-bond acceptors (Lipinski definition) is 2. The van der Waals surface area contributed by atoms with Gasteiger partial charge in [-0.05, 0) is 37.5 Å². The number of aliphatic imine (C=N–C) groups is 1. The van der Waals surface area contributed by atoms with Crippen LogP contribution in [0.15, 0.2) is 23.2 Å². The van der Waals surface area contributed by atoms with Gasteiger partial charge in [-0.25, -0.2) is 8.78 Å². The number of nitrogens with one attached hydrogen (secondary N) is 3. The molecule has 5 nitrogen and oxygen atoms in total. The smallest absolute Gasteiger partial charge is 0.223 e. The fourth-order valence-corrected chi connectivity index (χ4v) is 2.35. The van der Waals surface area contributed by atoms with Crippen molar-refractivity contribution in [2.45, 2.75) is 32.6 Å². The maximum absolute atomic E-state index is 13.3. The molecular formula is C18H27F2IN4O. The first-order chi connectivity index (χ1) is 12.0. The number of halogens is 3. The van der Waals surface area contributed by atoms with Crippen molar-refractivity contribution in [1.29, 1.82) is 0 Å². The van der Waals surface area contributed by atoms with Gasteiger partial charge >= 0.3 is 0 Å². The highest BCUT2D eigenvalue weighted by atomic mass is 127. The number of amides is 1. The molecule has 0 spiro atoms. The van der Waals surface area contributed by atoms with Gasteiger partial charge in [0.25, 0.3) is 0 Å². The third-order valence-corrected chi connectivity index (χ3v) is 4.04. The van der Waals surface area contributed by atoms with Crippen LogP contribution in [0.25, 0.3) is 0 Å². The van der Waals surface area contributed by atoms with E-state index in [0.717, 1.165) is 18.9 Å². The van der Waals surface area contributed by atoms with Crippen LogP contribution in [0.2, 0.25) is 0 Å². The van der Waals surface area contributed by atoms with Crippen LogP contribution in [0, 0.1) is 17.6 Å². The Labute approximate surface area is 170 Å². The van der Waals surface area contributed by atoms with Gasteiger partial charge in [-0.15, -0.1) is 24.0 Å². The first-order valence-electron chi connectivity index (χ1n) is 8.76. The van der Waals surface area contributed by atoms with E-state index in [9.17, 15) is 13.6 Å². The predicted molar refractivity (Wildman–Crippen MR) is 110 cm³/mol. The van der Waals surface area contributed by atoms with E-state index in [-0.39, 0.29) is 41.7 Å². The van der Waals surface area contributed by atoms with Crippen molar-refractivity contribution in [2.75, 3.05) is 26.2 Å². The summed E-state index contributed by atoms with van der Waals surface area (Å²) in [6.45, 7) is 6.14. The summed E-state index contributed by atoms with van der Waals surface area (Å²) in [4.78, 5) is 16.0. The van der Waals surface area contributed by atoms with Crippen LogP contribution in [0.4, 0.5) is 8.78 Å². The maximum atomic E-state index is 13.3. The quantitative estimate of drug-likeness (QED) is 0.232. The molecule has 0 bridgehead atoms. The average molecular weight is 480 g/mol. The van der Waals surface area contributed by atoms with Gasteiger partial charge in [-0.3, -0.25) is 9.79 Å². The normalized spacial score (nSPS) is 15.0. The largest absolute Gasteiger partial charge is 0.357 e. The SMILES string of the molecule is CCNC(=NCC(C)c1ccc(F)c(F)c1)NCCNC(=O)C1CC1.I. The Morgan fingerprint density at radius 2 is 1.88 bits per heavy atom. The molecule has 1 aliphatic rings. The van der Waals surface area contributed by atoms with Crippen LogP contribution in [-0.2, 0) is 4.79 Å². The summed E-state index contributed by atoms with van der Waals surface area (Å²) in [6, 6.07) is 3.92. The Hall–Kier alpha value is -1.45. The van der Waals surface area contributed by atoms with E-state index < -0.39 is 11.6 Å². The summed E-state index contributed by atoms with van der Waals surface area (Å²) in [5.74, 6) is -0.764. The number of carbonyl (C=O) groups excluding carboxylic acids is 1. The van der Waals surface area contributed by atoms with Gasteiger partial charge in [0.15, 0.2) is 17.6 Å². The topological polar surface area (TPSA) is 65.5 Å². The molecule has 1 amide bonds. The van der Waals surface area contributed by atoms with Crippen molar-refractivity contribution in [3.05, 3.63) is 35.4 Å². The summed E-state index contributed by atoms with van der Waals surface area (Å²) in [7, 11) is 0. The first-order valence-corrected chi connectivity index (χ1v) is 8.76. The number of nitrogens with zero attached hydrogens (tertiary/aromatic N) is 1. The van der Waals surface area contributed by atoms with Crippen molar-refractivity contribution in [2.24, 2.45) is 10.9 Å². The lowest BCUT2D eigenvalue weighted by molar-refractivity contribution is -0.122. The highest BCUT2D eigenvalue weighted by molar-refractivity contribution is 14.0. The molecule has 146 valence electrons. The number of benzene rings is 1. The molecule has 0 radical (unpaired) electrons. The molecule has 3 N–H and O–H groups in total. The molecule has 8 heteroatoms. The fraction of sp³-hybridized carbons (Fsp3) is 0.556. The number of carbonyl (C=O) groups is 1. The molecule has 1 unspecified atom stereocenters. The van der Waals surface area contributed by atoms with Crippen molar-refractivity contribution >= 4 is 35.8 Å². The van der Waals surface area contributed by atoms with Gasteiger partial charge in [0, 0.05) is 38.0 Å². The number of rotatable bonds is 8. The molecule has 1 saturated carbocycles. The standard InChI is InChI=1S/C18H26F2N4O.HI/c1-3-21-18(23-9-8-22-17(25)13-4-5-13)24-11-12(2)14-6-7-15(19)16(20)10-14;/h6-7,10,12-13H,3-5,8-9,11H2,1-2H3,(H,22,25)(H2,21,23,24);1H. The van der Waals surface area contributed by atoms with E-state index in [1.807, 2.05) is 13.8 Å². The zero-order valence-electron chi connectivity index (χ0n) is 15.1. The molecule has 2 rings (SSSR count). The molecule has 0 saturated heterocycles. The minimum absolute atomic E-state index is 0. The van der Waals surface area contributed by atoms with E-state index in [4.69, 9.17) is 0 Å². The molecule has 1 fully saturated rings. The fourth-order valence-electron chi connectivity index (χ4n) is 2.35.